The molecule has 0 spiro atoms. The zero-order valence-corrected chi connectivity index (χ0v) is 15.6. The molecule has 3 aromatic heterocycles. The summed E-state index contributed by atoms with van der Waals surface area (Å²) < 4.78 is 7.10. The van der Waals surface area contributed by atoms with Crippen molar-refractivity contribution in [2.75, 3.05) is 4.72 Å². The number of hydrogen-bond donors (Lipinski definition) is 1. The van der Waals surface area contributed by atoms with Gasteiger partial charge in [-0.1, -0.05) is 25.5 Å². The van der Waals surface area contributed by atoms with Crippen LogP contribution in [-0.2, 0) is 13.5 Å². The fraction of sp³-hybridized carbons (Fsp3) is 0.211. The number of nitrogens with zero attached hydrogens (tertiary/aromatic N) is 5. The number of nitrogens with one attached hydrogen (secondary N) is 1. The average molecular weight is 364 g/mol. The van der Waals surface area contributed by atoms with Crippen molar-refractivity contribution in [2.24, 2.45) is 7.05 Å². The molecule has 0 aliphatic heterocycles. The summed E-state index contributed by atoms with van der Waals surface area (Å²) >= 11 is 1.53. The van der Waals surface area contributed by atoms with Crippen molar-refractivity contribution in [3.63, 3.8) is 0 Å². The molecule has 0 unspecified atom stereocenters. The number of para-hydroxylation sites is 1. The monoisotopic (exact) mass is 364 g/mol. The van der Waals surface area contributed by atoms with E-state index in [1.54, 1.807) is 0 Å². The molecule has 4 rings (SSSR count). The predicted octanol–water partition coefficient (Wildman–Crippen LogP) is 4.23. The lowest BCUT2D eigenvalue weighted by molar-refractivity contribution is 0.798. The molecular weight excluding hydrogens is 344 g/mol. The van der Waals surface area contributed by atoms with Gasteiger partial charge in [0.2, 0.25) is 0 Å². The summed E-state index contributed by atoms with van der Waals surface area (Å²) in [5, 5.41) is 9.88. The second-order valence-corrected chi connectivity index (χ2v) is 6.99. The van der Waals surface area contributed by atoms with Gasteiger partial charge in [-0.25, -0.2) is 9.67 Å². The number of benzene rings is 1. The van der Waals surface area contributed by atoms with Gasteiger partial charge in [-0.3, -0.25) is 4.68 Å². The van der Waals surface area contributed by atoms with Crippen LogP contribution in [0.2, 0.25) is 0 Å². The lowest BCUT2D eigenvalue weighted by Gasteiger charge is -2.06. The fourth-order valence-electron chi connectivity index (χ4n) is 2.94. The van der Waals surface area contributed by atoms with E-state index in [1.165, 1.54) is 17.5 Å². The van der Waals surface area contributed by atoms with Crippen LogP contribution in [0.3, 0.4) is 0 Å². The SMILES string of the molecule is CCCc1ccnc(-n2cc(SNc3cccc4cnn(C)c34)cn2)c1. The Labute approximate surface area is 156 Å². The van der Waals surface area contributed by atoms with Gasteiger partial charge in [-0.15, -0.1) is 0 Å². The smallest absolute Gasteiger partial charge is 0.153 e. The van der Waals surface area contributed by atoms with Gasteiger partial charge in [-0.05, 0) is 42.1 Å². The van der Waals surface area contributed by atoms with Gasteiger partial charge in [0.05, 0.1) is 28.5 Å². The third-order valence-electron chi connectivity index (χ3n) is 4.18. The standard InChI is InChI=1S/C19H20N6S/c1-3-5-14-8-9-20-18(10-14)25-13-16(12-22-25)26-23-17-7-4-6-15-11-21-24(2)19(15)17/h4,6-13,23H,3,5H2,1-2H3. The van der Waals surface area contributed by atoms with E-state index in [-0.39, 0.29) is 0 Å². The minimum Gasteiger partial charge on any atom is -0.324 e. The number of anilines is 1. The minimum atomic E-state index is 0.844. The Kier molecular flexibility index (Phi) is 4.62. The van der Waals surface area contributed by atoms with Crippen molar-refractivity contribution >= 4 is 28.5 Å². The number of aromatic nitrogens is 5. The molecule has 0 saturated carbocycles. The van der Waals surface area contributed by atoms with Crippen molar-refractivity contribution in [3.8, 4) is 5.82 Å². The van der Waals surface area contributed by atoms with Gasteiger partial charge in [0.1, 0.15) is 0 Å². The van der Waals surface area contributed by atoms with E-state index < -0.39 is 0 Å². The van der Waals surface area contributed by atoms with Gasteiger partial charge in [0.15, 0.2) is 5.82 Å². The number of aryl methyl sites for hydroxylation is 2. The Morgan fingerprint density at radius 2 is 2.08 bits per heavy atom. The van der Waals surface area contributed by atoms with E-state index in [2.05, 4.69) is 51.1 Å². The van der Waals surface area contributed by atoms with Gasteiger partial charge in [-0.2, -0.15) is 10.2 Å². The molecule has 0 aliphatic rings. The largest absolute Gasteiger partial charge is 0.324 e. The Morgan fingerprint density at radius 1 is 1.15 bits per heavy atom. The van der Waals surface area contributed by atoms with E-state index in [0.29, 0.717) is 0 Å². The van der Waals surface area contributed by atoms with Crippen LogP contribution in [0.5, 0.6) is 0 Å². The highest BCUT2D eigenvalue weighted by molar-refractivity contribution is 8.00. The van der Waals surface area contributed by atoms with Crippen molar-refractivity contribution in [1.82, 2.24) is 24.5 Å². The quantitative estimate of drug-likeness (QED) is 0.519. The number of hydrogen-bond acceptors (Lipinski definition) is 5. The summed E-state index contributed by atoms with van der Waals surface area (Å²) in [6.07, 6.45) is 9.71. The summed E-state index contributed by atoms with van der Waals surface area (Å²) in [7, 11) is 1.95. The first-order valence-electron chi connectivity index (χ1n) is 8.58. The molecule has 26 heavy (non-hydrogen) atoms. The van der Waals surface area contributed by atoms with Crippen LogP contribution in [0.4, 0.5) is 5.69 Å². The normalized spacial score (nSPS) is 11.2. The summed E-state index contributed by atoms with van der Waals surface area (Å²) in [5.41, 5.74) is 3.40. The lowest BCUT2D eigenvalue weighted by atomic mass is 10.1. The summed E-state index contributed by atoms with van der Waals surface area (Å²) in [6.45, 7) is 2.18. The summed E-state index contributed by atoms with van der Waals surface area (Å²) in [5.74, 6) is 0.844. The molecule has 4 aromatic rings. The lowest BCUT2D eigenvalue weighted by Crippen LogP contribution is -1.98. The maximum Gasteiger partial charge on any atom is 0.153 e. The Morgan fingerprint density at radius 3 is 2.96 bits per heavy atom. The maximum absolute atomic E-state index is 4.45. The fourth-order valence-corrected chi connectivity index (χ4v) is 3.59. The highest BCUT2D eigenvalue weighted by Crippen LogP contribution is 2.27. The van der Waals surface area contributed by atoms with Crippen LogP contribution in [-0.4, -0.2) is 24.5 Å². The molecule has 0 atom stereocenters. The zero-order chi connectivity index (χ0) is 17.9. The molecule has 0 radical (unpaired) electrons. The van der Waals surface area contributed by atoms with E-state index in [0.717, 1.165) is 40.1 Å². The first kappa shape index (κ1) is 16.7. The second-order valence-electron chi connectivity index (χ2n) is 6.11. The second kappa shape index (κ2) is 7.21. The van der Waals surface area contributed by atoms with Crippen LogP contribution in [0, 0.1) is 0 Å². The first-order chi connectivity index (χ1) is 12.7. The van der Waals surface area contributed by atoms with E-state index >= 15 is 0 Å². The molecule has 7 heteroatoms. The Hall–Kier alpha value is -2.80. The molecule has 0 amide bonds. The van der Waals surface area contributed by atoms with E-state index in [4.69, 9.17) is 0 Å². The molecular formula is C19H20N6S. The molecule has 0 bridgehead atoms. The minimum absolute atomic E-state index is 0.844. The third-order valence-corrected chi connectivity index (χ3v) is 4.95. The van der Waals surface area contributed by atoms with Gasteiger partial charge in [0.25, 0.3) is 0 Å². The zero-order valence-electron chi connectivity index (χ0n) is 14.8. The highest BCUT2D eigenvalue weighted by Gasteiger charge is 2.08. The Bertz CT molecular complexity index is 1040. The van der Waals surface area contributed by atoms with Crippen molar-refractivity contribution in [1.29, 1.82) is 0 Å². The highest BCUT2D eigenvalue weighted by atomic mass is 32.2. The molecule has 6 nitrogen and oxygen atoms in total. The van der Waals surface area contributed by atoms with E-state index in [1.807, 2.05) is 47.3 Å². The van der Waals surface area contributed by atoms with Crippen LogP contribution in [0.25, 0.3) is 16.7 Å². The number of fused-ring (bicyclic) bond motifs is 1. The van der Waals surface area contributed by atoms with Crippen LogP contribution < -0.4 is 4.72 Å². The maximum atomic E-state index is 4.45. The van der Waals surface area contributed by atoms with E-state index in [9.17, 15) is 0 Å². The van der Waals surface area contributed by atoms with Crippen LogP contribution in [0.15, 0.2) is 60.0 Å². The summed E-state index contributed by atoms with van der Waals surface area (Å²) in [4.78, 5) is 5.45. The summed E-state index contributed by atoms with van der Waals surface area (Å²) in [6, 6.07) is 10.3. The molecule has 0 fully saturated rings. The van der Waals surface area contributed by atoms with Gasteiger partial charge in [0, 0.05) is 24.8 Å². The number of pyridine rings is 1. The molecule has 132 valence electrons. The topological polar surface area (TPSA) is 60.6 Å². The van der Waals surface area contributed by atoms with Gasteiger partial charge >= 0.3 is 0 Å². The van der Waals surface area contributed by atoms with Crippen LogP contribution >= 0.6 is 11.9 Å². The molecule has 3 heterocycles. The van der Waals surface area contributed by atoms with Gasteiger partial charge < -0.3 is 4.72 Å². The predicted molar refractivity (Wildman–Crippen MR) is 106 cm³/mol. The van der Waals surface area contributed by atoms with Crippen LogP contribution in [0.1, 0.15) is 18.9 Å². The average Bonchev–Trinajstić information content (AvgIpc) is 3.28. The molecule has 0 saturated heterocycles. The van der Waals surface area contributed by atoms with Crippen molar-refractivity contribution < 1.29 is 0 Å². The number of rotatable bonds is 6. The molecule has 0 aliphatic carbocycles. The Balaban J connectivity index is 1.52. The van der Waals surface area contributed by atoms with Crippen molar-refractivity contribution in [3.05, 3.63) is 60.7 Å². The third kappa shape index (κ3) is 3.30. The van der Waals surface area contributed by atoms with Crippen molar-refractivity contribution in [2.45, 2.75) is 24.7 Å². The first-order valence-corrected chi connectivity index (χ1v) is 9.40. The molecule has 1 N–H and O–H groups in total. The molecule has 1 aromatic carbocycles.